The zero-order chi connectivity index (χ0) is 14.5. The molecule has 1 amide bonds. The van der Waals surface area contributed by atoms with E-state index in [0.717, 1.165) is 0 Å². The van der Waals surface area contributed by atoms with Crippen LogP contribution in [-0.2, 0) is 13.8 Å². The molecule has 5 nitrogen and oxygen atoms in total. The molecule has 0 spiro atoms. The van der Waals surface area contributed by atoms with Crippen LogP contribution in [-0.4, -0.2) is 27.5 Å². The summed E-state index contributed by atoms with van der Waals surface area (Å²) in [6.45, 7) is 5.36. The Bertz CT molecular complexity index is 583. The molecular formula is C12H14ClNO4S. The van der Waals surface area contributed by atoms with Gasteiger partial charge in [-0.1, -0.05) is 6.08 Å². The zero-order valence-corrected chi connectivity index (χ0v) is 11.9. The van der Waals surface area contributed by atoms with E-state index < -0.39 is 9.05 Å². The maximum atomic E-state index is 11.3. The average molecular weight is 304 g/mol. The Morgan fingerprint density at radius 1 is 1.53 bits per heavy atom. The van der Waals surface area contributed by atoms with Crippen LogP contribution in [0.15, 0.2) is 35.7 Å². The van der Waals surface area contributed by atoms with Crippen molar-refractivity contribution in [3.63, 3.8) is 0 Å². The largest absolute Gasteiger partial charge is 0.484 e. The fourth-order valence-electron chi connectivity index (χ4n) is 1.32. The molecule has 1 rings (SSSR count). The maximum absolute atomic E-state index is 11.3. The molecule has 0 atom stereocenters. The van der Waals surface area contributed by atoms with E-state index in [1.54, 1.807) is 13.0 Å². The number of halogens is 1. The molecule has 0 saturated heterocycles. The summed E-state index contributed by atoms with van der Waals surface area (Å²) in [5, 5.41) is 2.56. The van der Waals surface area contributed by atoms with Crippen molar-refractivity contribution >= 4 is 25.6 Å². The van der Waals surface area contributed by atoms with Crippen LogP contribution < -0.4 is 10.1 Å². The molecule has 19 heavy (non-hydrogen) atoms. The van der Waals surface area contributed by atoms with Crippen molar-refractivity contribution < 1.29 is 17.9 Å². The van der Waals surface area contributed by atoms with Gasteiger partial charge < -0.3 is 10.1 Å². The monoisotopic (exact) mass is 303 g/mol. The number of hydrogen-bond acceptors (Lipinski definition) is 4. The molecule has 7 heteroatoms. The van der Waals surface area contributed by atoms with Crippen molar-refractivity contribution in [3.8, 4) is 5.75 Å². The Morgan fingerprint density at radius 2 is 2.21 bits per heavy atom. The number of rotatable bonds is 6. The second-order valence-electron chi connectivity index (χ2n) is 3.75. The third-order valence-corrected chi connectivity index (χ3v) is 3.58. The van der Waals surface area contributed by atoms with Crippen molar-refractivity contribution in [2.24, 2.45) is 0 Å². The van der Waals surface area contributed by atoms with Gasteiger partial charge >= 0.3 is 0 Å². The Balaban J connectivity index is 2.71. The van der Waals surface area contributed by atoms with Crippen molar-refractivity contribution in [1.29, 1.82) is 0 Å². The molecule has 1 N–H and O–H groups in total. The number of carbonyl (C=O) groups excluding carboxylic acids is 1. The van der Waals surface area contributed by atoms with Crippen LogP contribution >= 0.6 is 10.7 Å². The summed E-state index contributed by atoms with van der Waals surface area (Å²) in [4.78, 5) is 11.3. The highest BCUT2D eigenvalue weighted by Crippen LogP contribution is 2.23. The molecule has 0 aliphatic heterocycles. The Morgan fingerprint density at radius 3 is 2.74 bits per heavy atom. The maximum Gasteiger partial charge on any atom is 0.261 e. The summed E-state index contributed by atoms with van der Waals surface area (Å²) >= 11 is 0. The van der Waals surface area contributed by atoms with Crippen molar-refractivity contribution in [1.82, 2.24) is 5.32 Å². The van der Waals surface area contributed by atoms with Crippen LogP contribution in [0.1, 0.15) is 5.56 Å². The topological polar surface area (TPSA) is 72.5 Å². The Labute approximate surface area is 116 Å². The first-order valence-corrected chi connectivity index (χ1v) is 7.71. The normalized spacial score (nSPS) is 10.8. The van der Waals surface area contributed by atoms with Gasteiger partial charge in [-0.25, -0.2) is 8.42 Å². The van der Waals surface area contributed by atoms with E-state index in [-0.39, 0.29) is 17.4 Å². The van der Waals surface area contributed by atoms with Gasteiger partial charge in [0.25, 0.3) is 15.0 Å². The van der Waals surface area contributed by atoms with Gasteiger partial charge in [-0.05, 0) is 30.7 Å². The molecule has 1 aromatic carbocycles. The molecule has 0 bridgehead atoms. The number of aryl methyl sites for hydroxylation is 1. The molecular weight excluding hydrogens is 290 g/mol. The molecule has 0 fully saturated rings. The fraction of sp³-hybridized carbons (Fsp3) is 0.250. The van der Waals surface area contributed by atoms with Gasteiger partial charge in [0.05, 0.1) is 4.90 Å². The predicted molar refractivity (Wildman–Crippen MR) is 72.9 cm³/mol. The van der Waals surface area contributed by atoms with Crippen molar-refractivity contribution in [2.75, 3.05) is 13.2 Å². The predicted octanol–water partition coefficient (Wildman–Crippen LogP) is 1.60. The van der Waals surface area contributed by atoms with Crippen LogP contribution in [0, 0.1) is 6.92 Å². The summed E-state index contributed by atoms with van der Waals surface area (Å²) < 4.78 is 27.5. The van der Waals surface area contributed by atoms with E-state index in [1.165, 1.54) is 18.2 Å². The summed E-state index contributed by atoms with van der Waals surface area (Å²) in [6, 6.07) is 4.18. The van der Waals surface area contributed by atoms with Crippen LogP contribution in [0.5, 0.6) is 5.75 Å². The zero-order valence-electron chi connectivity index (χ0n) is 10.3. The number of amides is 1. The average Bonchev–Trinajstić information content (AvgIpc) is 2.33. The minimum atomic E-state index is -3.76. The van der Waals surface area contributed by atoms with E-state index >= 15 is 0 Å². The van der Waals surface area contributed by atoms with Crippen molar-refractivity contribution in [3.05, 3.63) is 36.4 Å². The third kappa shape index (κ3) is 4.92. The number of hydrogen-bond donors (Lipinski definition) is 1. The lowest BCUT2D eigenvalue weighted by molar-refractivity contribution is -0.122. The molecule has 104 valence electrons. The lowest BCUT2D eigenvalue weighted by Gasteiger charge is -2.09. The van der Waals surface area contributed by atoms with Gasteiger partial charge in [0.15, 0.2) is 6.61 Å². The van der Waals surface area contributed by atoms with Crippen LogP contribution in [0.3, 0.4) is 0 Å². The first kappa shape index (κ1) is 15.5. The van der Waals surface area contributed by atoms with E-state index in [4.69, 9.17) is 15.4 Å². The van der Waals surface area contributed by atoms with Crippen LogP contribution in [0.2, 0.25) is 0 Å². The second-order valence-corrected chi connectivity index (χ2v) is 6.31. The summed E-state index contributed by atoms with van der Waals surface area (Å²) in [6.07, 6.45) is 1.56. The smallest absolute Gasteiger partial charge is 0.261 e. The first-order chi connectivity index (χ1) is 8.84. The lowest BCUT2D eigenvalue weighted by atomic mass is 10.2. The highest BCUT2D eigenvalue weighted by Gasteiger charge is 2.12. The molecule has 0 aliphatic carbocycles. The van der Waals surface area contributed by atoms with Gasteiger partial charge in [-0.3, -0.25) is 4.79 Å². The van der Waals surface area contributed by atoms with Gasteiger partial charge in [0.2, 0.25) is 0 Å². The fourth-order valence-corrected chi connectivity index (χ4v) is 2.15. The molecule has 0 saturated carbocycles. The van der Waals surface area contributed by atoms with E-state index in [9.17, 15) is 13.2 Å². The van der Waals surface area contributed by atoms with Gasteiger partial charge in [0, 0.05) is 17.2 Å². The number of nitrogens with one attached hydrogen (secondary N) is 1. The van der Waals surface area contributed by atoms with Gasteiger partial charge in [-0.2, -0.15) is 0 Å². The summed E-state index contributed by atoms with van der Waals surface area (Å²) in [5.41, 5.74) is 0.582. The van der Waals surface area contributed by atoms with Gasteiger partial charge in [-0.15, -0.1) is 6.58 Å². The van der Waals surface area contributed by atoms with Gasteiger partial charge in [0.1, 0.15) is 5.75 Å². The minimum absolute atomic E-state index is 0.00451. The molecule has 0 aliphatic rings. The highest BCUT2D eigenvalue weighted by molar-refractivity contribution is 8.13. The van der Waals surface area contributed by atoms with E-state index in [1.807, 2.05) is 0 Å². The Hall–Kier alpha value is -1.53. The second kappa shape index (κ2) is 6.58. The molecule has 0 heterocycles. The number of carbonyl (C=O) groups is 1. The molecule has 0 aromatic heterocycles. The third-order valence-electron chi connectivity index (χ3n) is 2.23. The molecule has 0 unspecified atom stereocenters. The number of benzene rings is 1. The lowest BCUT2D eigenvalue weighted by Crippen LogP contribution is -2.28. The van der Waals surface area contributed by atoms with Crippen LogP contribution in [0.4, 0.5) is 0 Å². The minimum Gasteiger partial charge on any atom is -0.484 e. The molecule has 0 radical (unpaired) electrons. The highest BCUT2D eigenvalue weighted by atomic mass is 35.7. The van der Waals surface area contributed by atoms with E-state index in [2.05, 4.69) is 11.9 Å². The molecule has 1 aromatic rings. The van der Waals surface area contributed by atoms with E-state index in [0.29, 0.717) is 17.9 Å². The standard InChI is InChI=1S/C12H14ClNO4S/c1-3-6-14-12(15)8-18-11-5-4-10(7-9(11)2)19(13,16)17/h3-5,7H,1,6,8H2,2H3,(H,14,15). The number of ether oxygens (including phenoxy) is 1. The Kier molecular flexibility index (Phi) is 5.38. The van der Waals surface area contributed by atoms with Crippen LogP contribution in [0.25, 0.3) is 0 Å². The SMILES string of the molecule is C=CCNC(=O)COc1ccc(S(=O)(=O)Cl)cc1C. The summed E-state index contributed by atoms with van der Waals surface area (Å²) in [7, 11) is 1.47. The quantitative estimate of drug-likeness (QED) is 0.640. The summed E-state index contributed by atoms with van der Waals surface area (Å²) in [5.74, 6) is 0.145. The first-order valence-electron chi connectivity index (χ1n) is 5.40. The van der Waals surface area contributed by atoms with Crippen molar-refractivity contribution in [2.45, 2.75) is 11.8 Å².